The molecule has 2 aliphatic carbocycles. The number of fused-ring (bicyclic) bond motifs is 3. The van der Waals surface area contributed by atoms with Gasteiger partial charge in [-0.25, -0.2) is 0 Å². The minimum absolute atomic E-state index is 0.111. The van der Waals surface area contributed by atoms with Crippen molar-refractivity contribution in [3.05, 3.63) is 24.2 Å². The Kier molecular flexibility index (Phi) is 5.13. The molecule has 9 nitrogen and oxygen atoms in total. The van der Waals surface area contributed by atoms with Crippen LogP contribution in [0.5, 0.6) is 0 Å². The fourth-order valence-electron chi connectivity index (χ4n) is 7.12. The Morgan fingerprint density at radius 2 is 2.03 bits per heavy atom. The molecule has 0 unspecified atom stereocenters. The zero-order valence-electron chi connectivity index (χ0n) is 19.1. The van der Waals surface area contributed by atoms with Crippen molar-refractivity contribution in [3.8, 4) is 0 Å². The second kappa shape index (κ2) is 7.56. The molecule has 4 aliphatic rings. The Hall–Kier alpha value is -2.39. The molecule has 33 heavy (non-hydrogen) atoms. The largest absolute Gasteiger partial charge is 0.472 e. The Morgan fingerprint density at radius 3 is 2.64 bits per heavy atom. The molecule has 180 valence electrons. The van der Waals surface area contributed by atoms with Gasteiger partial charge >= 0.3 is 17.9 Å². The SMILES string of the molecule is CC(=O)OC[C@@]12[C@H](OC(C)=O)[C@@H](O)[C@@H](C)[C@]3(C[C@@H](c4ccoc4)OC3=O)[C@H]1CCC[C@]21CO1. The average Bonchev–Trinajstić information content (AvgIpc) is 3.19. The number of carbonyl (C=O) groups is 3. The summed E-state index contributed by atoms with van der Waals surface area (Å²) < 4.78 is 28.4. The monoisotopic (exact) mass is 462 g/mol. The number of furan rings is 1. The molecule has 2 saturated carbocycles. The summed E-state index contributed by atoms with van der Waals surface area (Å²) in [6.45, 7) is 4.69. The van der Waals surface area contributed by atoms with Crippen LogP contribution >= 0.6 is 0 Å². The summed E-state index contributed by atoms with van der Waals surface area (Å²) >= 11 is 0. The standard InChI is InChI=1S/C24H30O9/c1-13-19(27)20(32-15(3)26)24(12-30-14(2)25)18(5-4-7-22(24)11-31-22)23(13)9-17(33-21(23)28)16-6-8-29-10-16/h6,8,10,13,17-20,27H,4-5,7,9,11-12H2,1-3H3/t13-,17+,18-,19+,20-,22+,23-,24+/m1/s1. The van der Waals surface area contributed by atoms with E-state index in [9.17, 15) is 19.5 Å². The van der Waals surface area contributed by atoms with Crippen LogP contribution in [-0.4, -0.2) is 54.0 Å². The number of epoxide rings is 1. The van der Waals surface area contributed by atoms with Crippen LogP contribution in [0.1, 0.15) is 58.1 Å². The molecule has 1 aromatic rings. The highest BCUT2D eigenvalue weighted by molar-refractivity contribution is 5.81. The van der Waals surface area contributed by atoms with E-state index in [0.29, 0.717) is 25.9 Å². The lowest BCUT2D eigenvalue weighted by molar-refractivity contribution is -0.260. The number of ether oxygens (including phenoxy) is 4. The first kappa shape index (κ1) is 22.4. The molecule has 9 heteroatoms. The van der Waals surface area contributed by atoms with E-state index < -0.39 is 58.6 Å². The van der Waals surface area contributed by atoms with Crippen molar-refractivity contribution in [1.29, 1.82) is 0 Å². The topological polar surface area (TPSA) is 125 Å². The number of esters is 3. The van der Waals surface area contributed by atoms with Gasteiger partial charge in [-0.3, -0.25) is 14.4 Å². The van der Waals surface area contributed by atoms with Crippen LogP contribution in [0.3, 0.4) is 0 Å². The van der Waals surface area contributed by atoms with Gasteiger partial charge < -0.3 is 28.5 Å². The number of aliphatic hydroxyl groups is 1. The molecular formula is C24H30O9. The van der Waals surface area contributed by atoms with Gasteiger partial charge in [0.1, 0.15) is 24.4 Å². The minimum atomic E-state index is -1.17. The number of aliphatic hydroxyl groups excluding tert-OH is 1. The van der Waals surface area contributed by atoms with Crippen molar-refractivity contribution in [2.24, 2.45) is 22.7 Å². The van der Waals surface area contributed by atoms with Crippen LogP contribution in [0.2, 0.25) is 0 Å². The van der Waals surface area contributed by atoms with Crippen molar-refractivity contribution < 1.29 is 42.9 Å². The lowest BCUT2D eigenvalue weighted by atomic mass is 9.42. The summed E-state index contributed by atoms with van der Waals surface area (Å²) in [6.07, 6.45) is 2.87. The van der Waals surface area contributed by atoms with Gasteiger partial charge in [-0.1, -0.05) is 13.3 Å². The molecule has 2 spiro atoms. The van der Waals surface area contributed by atoms with Gasteiger partial charge in [-0.2, -0.15) is 0 Å². The average molecular weight is 462 g/mol. The quantitative estimate of drug-likeness (QED) is 0.408. The van der Waals surface area contributed by atoms with E-state index in [1.807, 2.05) is 6.92 Å². The molecule has 2 saturated heterocycles. The molecule has 4 fully saturated rings. The van der Waals surface area contributed by atoms with Crippen molar-refractivity contribution in [3.63, 3.8) is 0 Å². The normalized spacial score (nSPS) is 43.8. The third-order valence-electron chi connectivity index (χ3n) is 8.68. The van der Waals surface area contributed by atoms with Crippen LogP contribution in [0, 0.1) is 22.7 Å². The number of hydrogen-bond donors (Lipinski definition) is 1. The maximum atomic E-state index is 13.7. The molecule has 0 bridgehead atoms. The van der Waals surface area contributed by atoms with Crippen LogP contribution in [0.4, 0.5) is 0 Å². The van der Waals surface area contributed by atoms with Gasteiger partial charge in [0.15, 0.2) is 0 Å². The van der Waals surface area contributed by atoms with E-state index in [4.69, 9.17) is 23.4 Å². The number of rotatable bonds is 4. The summed E-state index contributed by atoms with van der Waals surface area (Å²) in [4.78, 5) is 37.8. The lowest BCUT2D eigenvalue weighted by Gasteiger charge is -2.62. The number of cyclic esters (lactones) is 1. The summed E-state index contributed by atoms with van der Waals surface area (Å²) in [6, 6.07) is 1.76. The zero-order chi connectivity index (χ0) is 23.6. The smallest absolute Gasteiger partial charge is 0.313 e. The van der Waals surface area contributed by atoms with Crippen LogP contribution in [0.15, 0.2) is 23.0 Å². The Bertz CT molecular complexity index is 951. The van der Waals surface area contributed by atoms with E-state index in [1.54, 1.807) is 12.3 Å². The lowest BCUT2D eigenvalue weighted by Crippen LogP contribution is -2.73. The highest BCUT2D eigenvalue weighted by Crippen LogP contribution is 2.71. The summed E-state index contributed by atoms with van der Waals surface area (Å²) in [7, 11) is 0. The van der Waals surface area contributed by atoms with Gasteiger partial charge in [0.25, 0.3) is 0 Å². The van der Waals surface area contributed by atoms with Gasteiger partial charge in [0.05, 0.1) is 36.1 Å². The molecule has 0 amide bonds. The van der Waals surface area contributed by atoms with E-state index in [0.717, 1.165) is 12.0 Å². The highest BCUT2D eigenvalue weighted by Gasteiger charge is 2.80. The molecule has 8 atom stereocenters. The van der Waals surface area contributed by atoms with Crippen molar-refractivity contribution in [2.45, 2.75) is 70.4 Å². The maximum Gasteiger partial charge on any atom is 0.313 e. The van der Waals surface area contributed by atoms with E-state index in [1.165, 1.54) is 20.1 Å². The van der Waals surface area contributed by atoms with Gasteiger partial charge in [0, 0.05) is 31.7 Å². The zero-order valence-corrected chi connectivity index (χ0v) is 19.1. The van der Waals surface area contributed by atoms with Gasteiger partial charge in [-0.05, 0) is 24.8 Å². The number of carbonyl (C=O) groups excluding carboxylic acids is 3. The van der Waals surface area contributed by atoms with E-state index in [-0.39, 0.29) is 12.5 Å². The molecule has 0 radical (unpaired) electrons. The third kappa shape index (κ3) is 3.01. The molecular weight excluding hydrogens is 432 g/mol. The maximum absolute atomic E-state index is 13.7. The van der Waals surface area contributed by atoms with Crippen LogP contribution < -0.4 is 0 Å². The van der Waals surface area contributed by atoms with Gasteiger partial charge in [0.2, 0.25) is 0 Å². The predicted molar refractivity (Wildman–Crippen MR) is 110 cm³/mol. The molecule has 0 aromatic carbocycles. The second-order valence-corrected chi connectivity index (χ2v) is 10.1. The number of hydrogen-bond acceptors (Lipinski definition) is 9. The van der Waals surface area contributed by atoms with Crippen molar-refractivity contribution >= 4 is 17.9 Å². The third-order valence-corrected chi connectivity index (χ3v) is 8.68. The Balaban J connectivity index is 1.66. The van der Waals surface area contributed by atoms with E-state index in [2.05, 4.69) is 0 Å². The first-order valence-corrected chi connectivity index (χ1v) is 11.5. The molecule has 2 aliphatic heterocycles. The summed E-state index contributed by atoms with van der Waals surface area (Å²) in [5.41, 5.74) is -2.12. The first-order chi connectivity index (χ1) is 15.7. The summed E-state index contributed by atoms with van der Waals surface area (Å²) in [5.74, 6) is -2.37. The second-order valence-electron chi connectivity index (χ2n) is 10.1. The predicted octanol–water partition coefficient (Wildman–Crippen LogP) is 2.31. The first-order valence-electron chi connectivity index (χ1n) is 11.5. The molecule has 5 rings (SSSR count). The molecule has 3 heterocycles. The van der Waals surface area contributed by atoms with Crippen molar-refractivity contribution in [1.82, 2.24) is 0 Å². The fourth-order valence-corrected chi connectivity index (χ4v) is 7.12. The summed E-state index contributed by atoms with van der Waals surface area (Å²) in [5, 5.41) is 11.6. The molecule has 1 N–H and O–H groups in total. The Morgan fingerprint density at radius 1 is 1.27 bits per heavy atom. The van der Waals surface area contributed by atoms with Crippen LogP contribution in [-0.2, 0) is 33.3 Å². The van der Waals surface area contributed by atoms with Gasteiger partial charge in [-0.15, -0.1) is 0 Å². The van der Waals surface area contributed by atoms with E-state index >= 15 is 0 Å². The molecule has 1 aromatic heterocycles. The fraction of sp³-hybridized carbons (Fsp3) is 0.708. The van der Waals surface area contributed by atoms with Crippen molar-refractivity contribution in [2.75, 3.05) is 13.2 Å². The van der Waals surface area contributed by atoms with Crippen LogP contribution in [0.25, 0.3) is 0 Å². The Labute approximate surface area is 191 Å². The highest BCUT2D eigenvalue weighted by atomic mass is 16.6. The minimum Gasteiger partial charge on any atom is -0.472 e.